The maximum absolute atomic E-state index is 12.2. The summed E-state index contributed by atoms with van der Waals surface area (Å²) in [5.41, 5.74) is 0. The minimum atomic E-state index is 0.209. The number of halogens is 1. The molecule has 1 aromatic rings. The van der Waals surface area contributed by atoms with E-state index >= 15 is 0 Å². The Morgan fingerprint density at radius 3 is 2.84 bits per heavy atom. The van der Waals surface area contributed by atoms with Gasteiger partial charge in [-0.05, 0) is 32.1 Å². The summed E-state index contributed by atoms with van der Waals surface area (Å²) in [5, 5.41) is 0.718. The molecule has 0 N–H and O–H groups in total. The second-order valence-electron chi connectivity index (χ2n) is 4.76. The predicted octanol–water partition coefficient (Wildman–Crippen LogP) is 2.60. The smallest absolute Gasteiger partial charge is 0.232 e. The number of benzene rings is 1. The van der Waals surface area contributed by atoms with E-state index in [-0.39, 0.29) is 5.91 Å². The first-order valence-corrected chi connectivity index (χ1v) is 7.87. The molecule has 0 aromatic heterocycles. The highest BCUT2D eigenvalue weighted by Gasteiger charge is 2.17. The lowest BCUT2D eigenvalue weighted by atomic mass is 10.4. The quantitative estimate of drug-likeness (QED) is 0.802. The van der Waals surface area contributed by atoms with Gasteiger partial charge in [-0.15, -0.1) is 11.8 Å². The molecule has 0 bridgehead atoms. The molecule has 1 fully saturated rings. The van der Waals surface area contributed by atoms with E-state index in [1.54, 1.807) is 0 Å². The number of hydrogen-bond donors (Lipinski definition) is 0. The number of amides is 1. The average Bonchev–Trinajstić information content (AvgIpc) is 2.62. The highest BCUT2D eigenvalue weighted by molar-refractivity contribution is 8.00. The fraction of sp³-hybridized carbons (Fsp3) is 0.500. The van der Waals surface area contributed by atoms with Crippen molar-refractivity contribution in [3.8, 4) is 0 Å². The second kappa shape index (κ2) is 7.17. The minimum Gasteiger partial charge on any atom is -0.341 e. The number of rotatable bonds is 3. The maximum atomic E-state index is 12.2. The van der Waals surface area contributed by atoms with Crippen LogP contribution in [0.15, 0.2) is 29.2 Å². The first-order valence-electron chi connectivity index (χ1n) is 6.50. The molecule has 0 saturated carbocycles. The summed E-state index contributed by atoms with van der Waals surface area (Å²) < 4.78 is 0. The van der Waals surface area contributed by atoms with Crippen molar-refractivity contribution in [2.45, 2.75) is 11.3 Å². The summed E-state index contributed by atoms with van der Waals surface area (Å²) in [5.74, 6) is 0.674. The van der Waals surface area contributed by atoms with Crippen molar-refractivity contribution >= 4 is 29.3 Å². The number of likely N-dealkylation sites (N-methyl/N-ethyl adjacent to an activating group) is 1. The summed E-state index contributed by atoms with van der Waals surface area (Å²) in [7, 11) is 2.10. The normalized spacial score (nSPS) is 17.3. The molecule has 1 amide bonds. The molecule has 104 valence electrons. The Balaban J connectivity index is 1.86. The number of nitrogens with zero attached hydrogens (tertiary/aromatic N) is 2. The number of carbonyl (C=O) groups is 1. The van der Waals surface area contributed by atoms with E-state index in [2.05, 4.69) is 11.9 Å². The van der Waals surface area contributed by atoms with Crippen molar-refractivity contribution < 1.29 is 4.79 Å². The van der Waals surface area contributed by atoms with Crippen LogP contribution in [0.3, 0.4) is 0 Å². The molecule has 0 aliphatic carbocycles. The number of thioether (sulfide) groups is 1. The third kappa shape index (κ3) is 4.41. The highest BCUT2D eigenvalue weighted by atomic mass is 35.5. The molecular weight excluding hydrogens is 280 g/mol. The zero-order valence-corrected chi connectivity index (χ0v) is 12.7. The molecule has 1 aliphatic heterocycles. The van der Waals surface area contributed by atoms with Crippen LogP contribution in [0.1, 0.15) is 6.42 Å². The Bertz CT molecular complexity index is 441. The minimum absolute atomic E-state index is 0.209. The van der Waals surface area contributed by atoms with Gasteiger partial charge in [0.1, 0.15) is 0 Å². The Kier molecular flexibility index (Phi) is 5.55. The lowest BCUT2D eigenvalue weighted by molar-refractivity contribution is -0.128. The van der Waals surface area contributed by atoms with Crippen LogP contribution in [0.5, 0.6) is 0 Å². The summed E-state index contributed by atoms with van der Waals surface area (Å²) in [4.78, 5) is 17.4. The highest BCUT2D eigenvalue weighted by Crippen LogP contribution is 2.26. The molecule has 3 nitrogen and oxygen atoms in total. The van der Waals surface area contributed by atoms with Crippen LogP contribution in [-0.2, 0) is 4.79 Å². The van der Waals surface area contributed by atoms with E-state index in [4.69, 9.17) is 11.6 Å². The molecule has 1 aliphatic rings. The molecule has 1 saturated heterocycles. The van der Waals surface area contributed by atoms with Gasteiger partial charge in [0.15, 0.2) is 0 Å². The first-order chi connectivity index (χ1) is 9.16. The van der Waals surface area contributed by atoms with Crippen molar-refractivity contribution in [3.63, 3.8) is 0 Å². The Morgan fingerprint density at radius 2 is 2.05 bits per heavy atom. The van der Waals surface area contributed by atoms with Gasteiger partial charge in [0.25, 0.3) is 0 Å². The van der Waals surface area contributed by atoms with Gasteiger partial charge in [0.05, 0.1) is 10.8 Å². The number of hydrogen-bond acceptors (Lipinski definition) is 3. The van der Waals surface area contributed by atoms with Gasteiger partial charge >= 0.3 is 0 Å². The van der Waals surface area contributed by atoms with Crippen LogP contribution in [-0.4, -0.2) is 54.7 Å². The second-order valence-corrected chi connectivity index (χ2v) is 6.18. The number of carbonyl (C=O) groups excluding carboxylic acids is 1. The summed E-state index contributed by atoms with van der Waals surface area (Å²) >= 11 is 7.61. The third-order valence-corrected chi connectivity index (χ3v) is 4.76. The molecule has 0 spiro atoms. The molecule has 0 unspecified atom stereocenters. The van der Waals surface area contributed by atoms with Crippen molar-refractivity contribution in [3.05, 3.63) is 29.3 Å². The predicted molar refractivity (Wildman–Crippen MR) is 80.9 cm³/mol. The zero-order chi connectivity index (χ0) is 13.7. The van der Waals surface area contributed by atoms with E-state index in [0.717, 1.165) is 42.5 Å². The molecular formula is C14H19ClN2OS. The zero-order valence-electron chi connectivity index (χ0n) is 11.1. The van der Waals surface area contributed by atoms with Crippen molar-refractivity contribution in [1.29, 1.82) is 0 Å². The lowest BCUT2D eigenvalue weighted by Crippen LogP contribution is -2.35. The van der Waals surface area contributed by atoms with Crippen molar-refractivity contribution in [1.82, 2.24) is 9.80 Å². The van der Waals surface area contributed by atoms with Crippen LogP contribution in [0.2, 0.25) is 5.02 Å². The first kappa shape index (κ1) is 14.7. The fourth-order valence-electron chi connectivity index (χ4n) is 2.09. The molecule has 19 heavy (non-hydrogen) atoms. The van der Waals surface area contributed by atoms with Crippen LogP contribution in [0.4, 0.5) is 0 Å². The van der Waals surface area contributed by atoms with Crippen LogP contribution in [0.25, 0.3) is 0 Å². The largest absolute Gasteiger partial charge is 0.341 e. The van der Waals surface area contributed by atoms with Gasteiger partial charge in [-0.1, -0.05) is 23.7 Å². The van der Waals surface area contributed by atoms with Crippen molar-refractivity contribution in [2.75, 3.05) is 39.0 Å². The van der Waals surface area contributed by atoms with Gasteiger partial charge in [0, 0.05) is 24.5 Å². The fourth-order valence-corrected chi connectivity index (χ4v) is 3.23. The molecule has 1 aromatic carbocycles. The van der Waals surface area contributed by atoms with Gasteiger partial charge in [-0.3, -0.25) is 4.79 Å². The standard InChI is InChI=1S/C14H19ClN2OS/c1-16-7-4-8-17(10-9-16)14(18)11-19-13-6-3-2-5-12(13)15/h2-3,5-6H,4,7-11H2,1H3. The molecule has 2 rings (SSSR count). The summed E-state index contributed by atoms with van der Waals surface area (Å²) in [6, 6.07) is 7.66. The van der Waals surface area contributed by atoms with Gasteiger partial charge in [-0.2, -0.15) is 0 Å². The molecule has 5 heteroatoms. The monoisotopic (exact) mass is 298 g/mol. The van der Waals surface area contributed by atoms with Crippen LogP contribution >= 0.6 is 23.4 Å². The Morgan fingerprint density at radius 1 is 1.26 bits per heavy atom. The van der Waals surface area contributed by atoms with Gasteiger partial charge < -0.3 is 9.80 Å². The van der Waals surface area contributed by atoms with Gasteiger partial charge in [-0.25, -0.2) is 0 Å². The van der Waals surface area contributed by atoms with E-state index in [9.17, 15) is 4.79 Å². The topological polar surface area (TPSA) is 23.6 Å². The summed E-state index contributed by atoms with van der Waals surface area (Å²) in [6.45, 7) is 3.73. The van der Waals surface area contributed by atoms with Crippen molar-refractivity contribution in [2.24, 2.45) is 0 Å². The molecule has 1 heterocycles. The van der Waals surface area contributed by atoms with E-state index < -0.39 is 0 Å². The maximum Gasteiger partial charge on any atom is 0.232 e. The third-order valence-electron chi connectivity index (χ3n) is 3.26. The lowest BCUT2D eigenvalue weighted by Gasteiger charge is -2.20. The van der Waals surface area contributed by atoms with E-state index in [1.807, 2.05) is 29.2 Å². The Hall–Kier alpha value is -0.710. The molecule has 0 radical (unpaired) electrons. The Labute approximate surface area is 123 Å². The van der Waals surface area contributed by atoms with E-state index in [0.29, 0.717) is 5.75 Å². The van der Waals surface area contributed by atoms with Crippen LogP contribution < -0.4 is 0 Å². The van der Waals surface area contributed by atoms with Crippen LogP contribution in [0, 0.1) is 0 Å². The summed E-state index contributed by atoms with van der Waals surface area (Å²) in [6.07, 6.45) is 1.05. The van der Waals surface area contributed by atoms with E-state index in [1.165, 1.54) is 11.8 Å². The SMILES string of the molecule is CN1CCCN(C(=O)CSc2ccccc2Cl)CC1. The molecule has 0 atom stereocenters. The average molecular weight is 299 g/mol. The van der Waals surface area contributed by atoms with Gasteiger partial charge in [0.2, 0.25) is 5.91 Å².